The Labute approximate surface area is 253 Å². The number of Topliss-reactive ketones (excluding diaryl/α,β-unsaturated/α-hetero) is 1. The molecule has 34 heavy (non-hydrogen) atoms. The number of aliphatic hydroxyl groups is 1. The predicted octanol–water partition coefficient (Wildman–Crippen LogP) is -0.514. The second kappa shape index (κ2) is 17.0. The Morgan fingerprint density at radius 1 is 1.12 bits per heavy atom. The first-order valence-electron chi connectivity index (χ1n) is 10.9. The Balaban J connectivity index is -0.00000272. The van der Waals surface area contributed by atoms with Crippen LogP contribution in [-0.2, 0) is 11.2 Å². The first-order chi connectivity index (χ1) is 15.2. The Morgan fingerprint density at radius 2 is 1.76 bits per heavy atom. The molecule has 0 saturated heterocycles. The van der Waals surface area contributed by atoms with Gasteiger partial charge in [0, 0.05) is 16.2 Å². The molecule has 178 valence electrons. The number of phenolic OH excluding ortho intramolecular Hbond substituents is 1. The van der Waals surface area contributed by atoms with Crippen molar-refractivity contribution in [3.8, 4) is 11.5 Å². The summed E-state index contributed by atoms with van der Waals surface area (Å²) in [5, 5.41) is 29.6. The zero-order valence-electron chi connectivity index (χ0n) is 22.8. The van der Waals surface area contributed by atoms with Gasteiger partial charge in [0.15, 0.2) is 5.78 Å². The van der Waals surface area contributed by atoms with E-state index in [1.807, 2.05) is 31.2 Å². The summed E-state index contributed by atoms with van der Waals surface area (Å²) in [5.74, 6) is 0.0253. The van der Waals surface area contributed by atoms with E-state index in [0.717, 1.165) is 23.5 Å². The molecule has 3 N–H and O–H groups in total. The predicted molar refractivity (Wildman–Crippen MR) is 128 cm³/mol. The van der Waals surface area contributed by atoms with Crippen molar-refractivity contribution < 1.29 is 91.6 Å². The molecule has 0 amide bonds. The van der Waals surface area contributed by atoms with Crippen molar-refractivity contribution in [1.82, 2.24) is 0 Å². The number of ether oxygens (including phenoxy) is 1. The van der Waals surface area contributed by atoms with Crippen LogP contribution in [0.5, 0.6) is 11.5 Å². The third-order valence-corrected chi connectivity index (χ3v) is 6.29. The van der Waals surface area contributed by atoms with Gasteiger partial charge in [-0.15, -0.1) is 11.8 Å². The van der Waals surface area contributed by atoms with Gasteiger partial charge in [-0.1, -0.05) is 32.4 Å². The van der Waals surface area contributed by atoms with Crippen LogP contribution in [0.4, 0.5) is 0 Å². The molecule has 2 unspecified atom stereocenters. The maximum atomic E-state index is 11.7. The normalized spacial score (nSPS) is 12.1. The van der Waals surface area contributed by atoms with E-state index in [1.165, 1.54) is 6.92 Å². The molecule has 6 nitrogen and oxygen atoms in total. The Hall–Kier alpha value is -0.510. The number of aliphatic hydroxyl groups excluding tert-OH is 1. The summed E-state index contributed by atoms with van der Waals surface area (Å²) in [4.78, 5) is 23.5. The number of aliphatic carboxylic acids is 1. The molecule has 0 aliphatic rings. The minimum atomic E-state index is -0.919. The number of ketones is 1. The maximum Gasteiger partial charge on any atom is 1.00 e. The molecule has 0 saturated carbocycles. The number of hydrogen-bond acceptors (Lipinski definition) is 6. The smallest absolute Gasteiger partial charge is 1.00 e. The zero-order chi connectivity index (χ0) is 23.7. The molecule has 2 aromatic rings. The molecule has 0 fully saturated rings. The van der Waals surface area contributed by atoms with Crippen molar-refractivity contribution in [1.29, 1.82) is 0 Å². The molecule has 9 heteroatoms. The molecule has 2 rings (SSSR count). The van der Waals surface area contributed by atoms with E-state index >= 15 is 0 Å². The topological polar surface area (TPSA) is 104 Å². The summed E-state index contributed by atoms with van der Waals surface area (Å²) in [7, 11) is 0. The van der Waals surface area contributed by atoms with E-state index in [0.29, 0.717) is 35.5 Å². The molecule has 2 atom stereocenters. The Bertz CT molecular complexity index is 932. The summed E-state index contributed by atoms with van der Waals surface area (Å²) in [5.41, 5.74) is 1.71. The van der Waals surface area contributed by atoms with E-state index in [1.54, 1.807) is 30.8 Å². The SMILES string of the molecule is CCCc1c(OCCCSc2ccc(C(O)C(C)CC(=O)O)cc2)ccc(C(C)=O)c1O.[H-].[H-].[Na+].[Na+]. The van der Waals surface area contributed by atoms with E-state index in [4.69, 9.17) is 9.84 Å². The van der Waals surface area contributed by atoms with Crippen molar-refractivity contribution in [2.24, 2.45) is 5.92 Å². The van der Waals surface area contributed by atoms with Gasteiger partial charge in [-0.2, -0.15) is 0 Å². The third-order valence-electron chi connectivity index (χ3n) is 5.19. The number of thioether (sulfide) groups is 1. The average Bonchev–Trinajstić information content (AvgIpc) is 2.75. The van der Waals surface area contributed by atoms with E-state index in [-0.39, 0.29) is 85.8 Å². The number of benzene rings is 2. The minimum absolute atomic E-state index is 0. The van der Waals surface area contributed by atoms with Gasteiger partial charge >= 0.3 is 65.1 Å². The van der Waals surface area contributed by atoms with Gasteiger partial charge in [0.2, 0.25) is 0 Å². The fourth-order valence-electron chi connectivity index (χ4n) is 3.44. The molecule has 0 heterocycles. The molecule has 0 aliphatic heterocycles. The molecule has 0 spiro atoms. The number of hydrogen-bond donors (Lipinski definition) is 3. The second-order valence-corrected chi connectivity index (χ2v) is 9.05. The molecule has 2 aromatic carbocycles. The van der Waals surface area contributed by atoms with Crippen LogP contribution >= 0.6 is 11.8 Å². The van der Waals surface area contributed by atoms with Crippen LogP contribution in [0.2, 0.25) is 0 Å². The number of carbonyl (C=O) groups is 2. The fraction of sp³-hybridized carbons (Fsp3) is 0.440. The van der Waals surface area contributed by atoms with Crippen molar-refractivity contribution >= 4 is 23.5 Å². The van der Waals surface area contributed by atoms with E-state index in [9.17, 15) is 19.8 Å². The quantitative estimate of drug-likeness (QED) is 0.145. The number of carboxylic acid groups (broad SMARTS) is 1. The van der Waals surface area contributed by atoms with Crippen molar-refractivity contribution in [2.75, 3.05) is 12.4 Å². The van der Waals surface area contributed by atoms with Gasteiger partial charge in [-0.05, 0) is 55.5 Å². The Kier molecular flexibility index (Phi) is 16.8. The number of phenols is 1. The molecule has 0 radical (unpaired) electrons. The summed E-state index contributed by atoms with van der Waals surface area (Å²) in [6.45, 7) is 5.66. The van der Waals surface area contributed by atoms with Gasteiger partial charge in [0.25, 0.3) is 0 Å². The minimum Gasteiger partial charge on any atom is -1.00 e. The summed E-state index contributed by atoms with van der Waals surface area (Å²) >= 11 is 1.67. The maximum absolute atomic E-state index is 11.7. The summed E-state index contributed by atoms with van der Waals surface area (Å²) < 4.78 is 5.89. The number of carbonyl (C=O) groups excluding carboxylic acids is 1. The molecular weight excluding hydrogens is 474 g/mol. The van der Waals surface area contributed by atoms with Crippen molar-refractivity contribution in [2.45, 2.75) is 57.5 Å². The second-order valence-electron chi connectivity index (χ2n) is 7.88. The van der Waals surface area contributed by atoms with Gasteiger partial charge < -0.3 is 22.9 Å². The van der Waals surface area contributed by atoms with Crippen LogP contribution in [-0.4, -0.2) is 39.4 Å². The van der Waals surface area contributed by atoms with Crippen LogP contribution < -0.4 is 63.9 Å². The third kappa shape index (κ3) is 10.2. The fourth-order valence-corrected chi connectivity index (χ4v) is 4.26. The molecule has 0 aliphatic carbocycles. The number of carboxylic acids is 1. The van der Waals surface area contributed by atoms with Crippen molar-refractivity contribution in [3.05, 3.63) is 53.1 Å². The zero-order valence-corrected chi connectivity index (χ0v) is 25.7. The first kappa shape index (κ1) is 33.5. The Morgan fingerprint density at radius 3 is 2.32 bits per heavy atom. The molecule has 0 aromatic heterocycles. The molecule has 0 bridgehead atoms. The van der Waals surface area contributed by atoms with Crippen LogP contribution in [0, 0.1) is 5.92 Å². The van der Waals surface area contributed by atoms with Gasteiger partial charge in [-0.25, -0.2) is 0 Å². The summed E-state index contributed by atoms with van der Waals surface area (Å²) in [6.07, 6.45) is 1.39. The van der Waals surface area contributed by atoms with E-state index in [2.05, 4.69) is 0 Å². The van der Waals surface area contributed by atoms with Crippen LogP contribution in [0.3, 0.4) is 0 Å². The monoisotopic (exact) mass is 508 g/mol. The number of aromatic hydroxyl groups is 1. The van der Waals surface area contributed by atoms with Crippen LogP contribution in [0.1, 0.15) is 70.5 Å². The van der Waals surface area contributed by atoms with E-state index < -0.39 is 12.1 Å². The first-order valence-corrected chi connectivity index (χ1v) is 11.8. The van der Waals surface area contributed by atoms with Crippen molar-refractivity contribution in [3.63, 3.8) is 0 Å². The molecular formula is C25H34Na2O6S. The van der Waals surface area contributed by atoms with Crippen LogP contribution in [0.25, 0.3) is 0 Å². The largest absolute Gasteiger partial charge is 1.00 e. The number of rotatable bonds is 13. The van der Waals surface area contributed by atoms with Gasteiger partial charge in [0.05, 0.1) is 24.7 Å². The standard InChI is InChI=1S/C25H32O6S.2Na.2H/c1-4-6-21-22(12-11-20(17(3)26)25(21)30)31-13-5-14-32-19-9-7-18(8-10-19)24(29)16(2)15-23(27)28;;;;/h7-12,16,24,29-30H,4-6,13-15H2,1-3H3,(H,27,28);;;;/q;2*+1;2*-1. The van der Waals surface area contributed by atoms with Gasteiger partial charge in [-0.3, -0.25) is 9.59 Å². The average molecular weight is 509 g/mol. The van der Waals surface area contributed by atoms with Crippen LogP contribution in [0.15, 0.2) is 41.3 Å². The van der Waals surface area contributed by atoms with Gasteiger partial charge in [0.1, 0.15) is 11.5 Å². The summed E-state index contributed by atoms with van der Waals surface area (Å²) in [6, 6.07) is 10.9.